The molecular weight excluding hydrogens is 280 g/mol. The van der Waals surface area contributed by atoms with Gasteiger partial charge in [0.2, 0.25) is 0 Å². The van der Waals surface area contributed by atoms with Gasteiger partial charge in [-0.3, -0.25) is 4.79 Å². The van der Waals surface area contributed by atoms with Gasteiger partial charge in [0.05, 0.1) is 13.7 Å². The smallest absolute Gasteiger partial charge is 0.326 e. The summed E-state index contributed by atoms with van der Waals surface area (Å²) in [7, 11) is 2.99. The van der Waals surface area contributed by atoms with Crippen molar-refractivity contribution >= 4 is 18.0 Å². The number of ether oxygens (including phenoxy) is 1. The number of aliphatic carboxylic acids is 1. The highest BCUT2D eigenvalue weighted by molar-refractivity contribution is 5.83. The molecule has 9 heteroatoms. The van der Waals surface area contributed by atoms with Crippen molar-refractivity contribution in [3.8, 4) is 0 Å². The molecule has 0 fully saturated rings. The number of nitrogens with one attached hydrogen (secondary N) is 2. The van der Waals surface area contributed by atoms with Crippen molar-refractivity contribution in [1.82, 2.24) is 20.2 Å². The fourth-order valence-corrected chi connectivity index (χ4v) is 1.56. The molecule has 9 nitrogen and oxygen atoms in total. The van der Waals surface area contributed by atoms with Crippen LogP contribution in [0, 0.1) is 0 Å². The highest BCUT2D eigenvalue weighted by Gasteiger charge is 2.21. The molecule has 116 valence electrons. The van der Waals surface area contributed by atoms with Gasteiger partial charge in [-0.05, 0) is 6.42 Å². The van der Waals surface area contributed by atoms with Gasteiger partial charge in [0.25, 0.3) is 0 Å². The topological polar surface area (TPSA) is 123 Å². The van der Waals surface area contributed by atoms with Crippen LogP contribution in [0.15, 0.2) is 12.4 Å². The number of rotatable bonds is 7. The van der Waals surface area contributed by atoms with Crippen molar-refractivity contribution in [3.05, 3.63) is 18.2 Å². The number of urea groups is 1. The largest absolute Gasteiger partial charge is 0.480 e. The van der Waals surface area contributed by atoms with E-state index in [1.54, 1.807) is 24.0 Å². The molecular formula is C12H18N4O5. The van der Waals surface area contributed by atoms with Gasteiger partial charge in [-0.1, -0.05) is 0 Å². The lowest BCUT2D eigenvalue weighted by atomic mass is 10.1. The minimum absolute atomic E-state index is 0.0438. The number of carboxylic acids is 1. The van der Waals surface area contributed by atoms with E-state index in [1.807, 2.05) is 0 Å². The standard InChI is InChI=1S/C12H18N4O5/c1-16-6-5-13-9(16)7-14-12(20)15-8(11(18)19)3-4-10(17)21-2/h5-6,8H,3-4,7H2,1-2H3,(H,18,19)(H2,14,15,20)/t8-/m1/s1. The number of aromatic nitrogens is 2. The number of carbonyl (C=O) groups is 3. The predicted octanol–water partition coefficient (Wildman–Crippen LogP) is -0.374. The highest BCUT2D eigenvalue weighted by atomic mass is 16.5. The number of nitrogens with zero attached hydrogens (tertiary/aromatic N) is 2. The second-order valence-corrected chi connectivity index (χ2v) is 4.29. The zero-order valence-corrected chi connectivity index (χ0v) is 11.8. The maximum absolute atomic E-state index is 11.6. The molecule has 21 heavy (non-hydrogen) atoms. The van der Waals surface area contributed by atoms with E-state index in [-0.39, 0.29) is 19.4 Å². The maximum atomic E-state index is 11.6. The number of hydrogen-bond donors (Lipinski definition) is 3. The summed E-state index contributed by atoms with van der Waals surface area (Å²) in [4.78, 5) is 37.7. The third-order valence-corrected chi connectivity index (χ3v) is 2.80. The summed E-state index contributed by atoms with van der Waals surface area (Å²) in [6, 6.07) is -1.80. The van der Waals surface area contributed by atoms with E-state index < -0.39 is 24.0 Å². The van der Waals surface area contributed by atoms with Crippen molar-refractivity contribution in [2.75, 3.05) is 7.11 Å². The average Bonchev–Trinajstić information content (AvgIpc) is 2.85. The molecule has 0 saturated heterocycles. The Morgan fingerprint density at radius 3 is 2.71 bits per heavy atom. The van der Waals surface area contributed by atoms with Gasteiger partial charge in [-0.25, -0.2) is 14.6 Å². The van der Waals surface area contributed by atoms with Gasteiger partial charge in [0.15, 0.2) is 0 Å². The van der Waals surface area contributed by atoms with E-state index in [0.717, 1.165) is 0 Å². The van der Waals surface area contributed by atoms with Crippen LogP contribution in [-0.4, -0.2) is 45.8 Å². The molecule has 0 bridgehead atoms. The van der Waals surface area contributed by atoms with Gasteiger partial charge in [-0.15, -0.1) is 0 Å². The molecule has 1 rings (SSSR count). The Balaban J connectivity index is 2.43. The Kier molecular flexibility index (Phi) is 6.18. The second kappa shape index (κ2) is 7.88. The van der Waals surface area contributed by atoms with E-state index in [0.29, 0.717) is 5.82 Å². The van der Waals surface area contributed by atoms with Crippen LogP contribution < -0.4 is 10.6 Å². The maximum Gasteiger partial charge on any atom is 0.326 e. The number of carboxylic acid groups (broad SMARTS) is 1. The van der Waals surface area contributed by atoms with Gasteiger partial charge >= 0.3 is 18.0 Å². The summed E-state index contributed by atoms with van der Waals surface area (Å²) in [6.07, 6.45) is 3.18. The third kappa shape index (κ3) is 5.51. The minimum Gasteiger partial charge on any atom is -0.480 e. The lowest BCUT2D eigenvalue weighted by Crippen LogP contribution is -2.46. The van der Waals surface area contributed by atoms with E-state index in [9.17, 15) is 14.4 Å². The SMILES string of the molecule is COC(=O)CC[C@@H](NC(=O)NCc1nccn1C)C(=O)O. The van der Waals surface area contributed by atoms with Crippen LogP contribution in [0.1, 0.15) is 18.7 Å². The van der Waals surface area contributed by atoms with Crippen LogP contribution in [0.3, 0.4) is 0 Å². The van der Waals surface area contributed by atoms with E-state index in [1.165, 1.54) is 7.11 Å². The molecule has 0 aliphatic rings. The Bertz CT molecular complexity index is 514. The molecule has 0 spiro atoms. The van der Waals surface area contributed by atoms with Crippen LogP contribution in [0.25, 0.3) is 0 Å². The molecule has 0 saturated carbocycles. The van der Waals surface area contributed by atoms with E-state index in [2.05, 4.69) is 20.4 Å². The third-order valence-electron chi connectivity index (χ3n) is 2.80. The summed E-state index contributed by atoms with van der Waals surface area (Å²) in [5.74, 6) is -1.12. The van der Waals surface area contributed by atoms with Crippen molar-refractivity contribution in [3.63, 3.8) is 0 Å². The molecule has 0 radical (unpaired) electrons. The lowest BCUT2D eigenvalue weighted by Gasteiger charge is -2.14. The van der Waals surface area contributed by atoms with Crippen molar-refractivity contribution in [1.29, 1.82) is 0 Å². The van der Waals surface area contributed by atoms with Gasteiger partial charge < -0.3 is 25.0 Å². The summed E-state index contributed by atoms with van der Waals surface area (Å²) in [6.45, 7) is 0.165. The number of esters is 1. The Hall–Kier alpha value is -2.58. The summed E-state index contributed by atoms with van der Waals surface area (Å²) in [5, 5.41) is 13.8. The molecule has 1 aromatic heterocycles. The van der Waals surface area contributed by atoms with Crippen molar-refractivity contribution in [2.45, 2.75) is 25.4 Å². The summed E-state index contributed by atoms with van der Waals surface area (Å²) in [5.41, 5.74) is 0. The Labute approximate surface area is 121 Å². The molecule has 0 aliphatic carbocycles. The first-order valence-electron chi connectivity index (χ1n) is 6.24. The average molecular weight is 298 g/mol. The van der Waals surface area contributed by atoms with Crippen LogP contribution in [-0.2, 0) is 27.9 Å². The number of amides is 2. The van der Waals surface area contributed by atoms with Gasteiger partial charge in [0.1, 0.15) is 11.9 Å². The first kappa shape index (κ1) is 16.5. The van der Waals surface area contributed by atoms with Gasteiger partial charge in [0, 0.05) is 25.9 Å². The first-order valence-corrected chi connectivity index (χ1v) is 6.24. The fraction of sp³-hybridized carbons (Fsp3) is 0.500. The monoisotopic (exact) mass is 298 g/mol. The number of carbonyl (C=O) groups excluding carboxylic acids is 2. The molecule has 1 heterocycles. The molecule has 1 atom stereocenters. The highest BCUT2D eigenvalue weighted by Crippen LogP contribution is 2.00. The Morgan fingerprint density at radius 1 is 1.48 bits per heavy atom. The first-order chi connectivity index (χ1) is 9.93. The molecule has 0 aromatic carbocycles. The van der Waals surface area contributed by atoms with E-state index >= 15 is 0 Å². The summed E-state index contributed by atoms with van der Waals surface area (Å²) >= 11 is 0. The predicted molar refractivity (Wildman–Crippen MR) is 71.3 cm³/mol. The quantitative estimate of drug-likeness (QED) is 0.590. The lowest BCUT2D eigenvalue weighted by molar-refractivity contribution is -0.142. The number of methoxy groups -OCH3 is 1. The second-order valence-electron chi connectivity index (χ2n) is 4.29. The molecule has 0 unspecified atom stereocenters. The number of aryl methyl sites for hydroxylation is 1. The molecule has 3 N–H and O–H groups in total. The Morgan fingerprint density at radius 2 is 2.19 bits per heavy atom. The normalized spacial score (nSPS) is 11.5. The minimum atomic E-state index is -1.22. The zero-order chi connectivity index (χ0) is 15.8. The van der Waals surface area contributed by atoms with E-state index in [4.69, 9.17) is 5.11 Å². The molecule has 1 aromatic rings. The van der Waals surface area contributed by atoms with Crippen LogP contribution in [0.5, 0.6) is 0 Å². The number of imidazole rings is 1. The molecule has 0 aliphatic heterocycles. The van der Waals surface area contributed by atoms with Crippen LogP contribution >= 0.6 is 0 Å². The fourth-order valence-electron chi connectivity index (χ4n) is 1.56. The molecule has 2 amide bonds. The zero-order valence-electron chi connectivity index (χ0n) is 11.8. The number of hydrogen-bond acceptors (Lipinski definition) is 5. The van der Waals surface area contributed by atoms with Crippen LogP contribution in [0.2, 0.25) is 0 Å². The van der Waals surface area contributed by atoms with Crippen molar-refractivity contribution in [2.24, 2.45) is 7.05 Å². The summed E-state index contributed by atoms with van der Waals surface area (Å²) < 4.78 is 6.15. The van der Waals surface area contributed by atoms with Crippen molar-refractivity contribution < 1.29 is 24.2 Å². The van der Waals surface area contributed by atoms with Crippen LogP contribution in [0.4, 0.5) is 4.79 Å². The van der Waals surface area contributed by atoms with Gasteiger partial charge in [-0.2, -0.15) is 0 Å².